The van der Waals surface area contributed by atoms with E-state index in [9.17, 15) is 10.2 Å². The molecule has 0 spiro atoms. The summed E-state index contributed by atoms with van der Waals surface area (Å²) < 4.78 is 7.72. The number of aliphatic hydroxyl groups excluding tert-OH is 2. The van der Waals surface area contributed by atoms with Crippen LogP contribution in [0.4, 0.5) is 5.82 Å². The Hall–Kier alpha value is -1.70. The van der Waals surface area contributed by atoms with Gasteiger partial charge in [-0.1, -0.05) is 39.5 Å². The second kappa shape index (κ2) is 9.67. The van der Waals surface area contributed by atoms with Gasteiger partial charge in [0.2, 0.25) is 0 Å². The molecule has 0 aliphatic carbocycles. The molecule has 4 atom stereocenters. The summed E-state index contributed by atoms with van der Waals surface area (Å²) >= 11 is 0. The lowest BCUT2D eigenvalue weighted by Crippen LogP contribution is -2.30. The van der Waals surface area contributed by atoms with E-state index in [4.69, 9.17) is 4.74 Å². The Morgan fingerprint density at radius 1 is 1.07 bits per heavy atom. The van der Waals surface area contributed by atoms with Crippen molar-refractivity contribution in [1.29, 1.82) is 0 Å². The van der Waals surface area contributed by atoms with Crippen LogP contribution < -0.4 is 5.32 Å². The summed E-state index contributed by atoms with van der Waals surface area (Å²) in [6, 6.07) is 0. The van der Waals surface area contributed by atoms with E-state index >= 15 is 0 Å². The lowest BCUT2D eigenvalue weighted by atomic mass is 10.1. The van der Waals surface area contributed by atoms with Crippen LogP contribution in [0, 0.1) is 0 Å². The third kappa shape index (κ3) is 4.31. The van der Waals surface area contributed by atoms with Gasteiger partial charge in [-0.05, 0) is 31.7 Å². The van der Waals surface area contributed by atoms with Crippen molar-refractivity contribution in [2.75, 3.05) is 11.9 Å². The average molecular weight is 391 g/mol. The topological polar surface area (TPSA) is 92.4 Å². The van der Waals surface area contributed by atoms with Gasteiger partial charge < -0.3 is 24.8 Å². The number of rotatable bonds is 10. The van der Waals surface area contributed by atoms with Crippen molar-refractivity contribution in [3.05, 3.63) is 18.1 Å². The largest absolute Gasteiger partial charge is 0.388 e. The minimum Gasteiger partial charge on any atom is -0.388 e. The fourth-order valence-corrected chi connectivity index (χ4v) is 3.88. The zero-order valence-electron chi connectivity index (χ0n) is 17.3. The maximum absolute atomic E-state index is 10.5. The molecule has 7 heteroatoms. The Morgan fingerprint density at radius 3 is 2.50 bits per heavy atom. The molecule has 3 heterocycles. The number of ether oxygens (including phenoxy) is 1. The smallest absolute Gasteiger partial charge is 0.164 e. The van der Waals surface area contributed by atoms with Crippen molar-refractivity contribution < 1.29 is 14.9 Å². The molecule has 0 amide bonds. The molecule has 3 rings (SSSR count). The van der Waals surface area contributed by atoms with E-state index in [1.165, 1.54) is 12.8 Å². The van der Waals surface area contributed by atoms with Crippen LogP contribution >= 0.6 is 0 Å². The number of fused-ring (bicyclic) bond motifs is 1. The molecule has 0 radical (unpaired) electrons. The van der Waals surface area contributed by atoms with E-state index in [-0.39, 0.29) is 0 Å². The van der Waals surface area contributed by atoms with E-state index in [0.29, 0.717) is 0 Å². The van der Waals surface area contributed by atoms with Crippen LogP contribution in [0.1, 0.15) is 71.1 Å². The van der Waals surface area contributed by atoms with Gasteiger partial charge in [0.15, 0.2) is 6.23 Å². The summed E-state index contributed by atoms with van der Waals surface area (Å²) in [5.74, 6) is 0.840. The highest BCUT2D eigenvalue weighted by molar-refractivity contribution is 5.91. The summed E-state index contributed by atoms with van der Waals surface area (Å²) in [4.78, 5) is 9.00. The van der Waals surface area contributed by atoms with Gasteiger partial charge in [0.1, 0.15) is 30.0 Å². The Kier molecular flexibility index (Phi) is 7.26. The quantitative estimate of drug-likeness (QED) is 0.539. The summed E-state index contributed by atoms with van der Waals surface area (Å²) in [5.41, 5.74) is 1.90. The summed E-state index contributed by atoms with van der Waals surface area (Å²) in [5, 5.41) is 25.1. The number of nitrogens with one attached hydrogen (secondary N) is 1. The minimum atomic E-state index is -0.981. The highest BCUT2D eigenvalue weighted by Gasteiger charge is 2.42. The SMILES string of the molecule is CCCCCNc1ncnc2c1c(CCCCC)cn2[C@@H]1O[C@H](C)[C@@H](O)[C@H]1O. The fraction of sp³-hybridized carbons (Fsp3) is 0.714. The predicted octanol–water partition coefficient (Wildman–Crippen LogP) is 3.41. The van der Waals surface area contributed by atoms with Gasteiger partial charge in [-0.3, -0.25) is 0 Å². The molecule has 2 aromatic rings. The molecule has 1 aliphatic heterocycles. The molecular formula is C21H34N4O3. The molecule has 28 heavy (non-hydrogen) atoms. The zero-order chi connectivity index (χ0) is 20.1. The lowest BCUT2D eigenvalue weighted by molar-refractivity contribution is -0.0297. The second-order valence-corrected chi connectivity index (χ2v) is 7.79. The highest BCUT2D eigenvalue weighted by atomic mass is 16.6. The lowest BCUT2D eigenvalue weighted by Gasteiger charge is -2.17. The van der Waals surface area contributed by atoms with Gasteiger partial charge in [0.05, 0.1) is 11.5 Å². The number of anilines is 1. The van der Waals surface area contributed by atoms with Crippen molar-refractivity contribution in [2.24, 2.45) is 0 Å². The van der Waals surface area contributed by atoms with E-state index < -0.39 is 24.5 Å². The molecule has 3 N–H and O–H groups in total. The second-order valence-electron chi connectivity index (χ2n) is 7.79. The van der Waals surface area contributed by atoms with Crippen LogP contribution in [-0.4, -0.2) is 49.6 Å². The van der Waals surface area contributed by atoms with Crippen molar-refractivity contribution in [1.82, 2.24) is 14.5 Å². The molecule has 2 aromatic heterocycles. The van der Waals surface area contributed by atoms with E-state index in [2.05, 4.69) is 29.1 Å². The molecule has 156 valence electrons. The van der Waals surface area contributed by atoms with Gasteiger partial charge >= 0.3 is 0 Å². The Balaban J connectivity index is 1.95. The van der Waals surface area contributed by atoms with Crippen LogP contribution in [0.15, 0.2) is 12.5 Å². The van der Waals surface area contributed by atoms with Crippen molar-refractivity contribution in [3.63, 3.8) is 0 Å². The Labute approximate surface area is 167 Å². The molecule has 1 fully saturated rings. The normalized spacial score (nSPS) is 24.9. The van der Waals surface area contributed by atoms with Crippen molar-refractivity contribution in [3.8, 4) is 0 Å². The number of nitrogens with zero attached hydrogens (tertiary/aromatic N) is 3. The fourth-order valence-electron chi connectivity index (χ4n) is 3.88. The maximum atomic E-state index is 10.5. The standard InChI is InChI=1S/C21H34N4O3/c1-4-6-8-10-15-12-25(21-18(27)17(26)14(3)28-21)20-16(15)19(23-13-24-20)22-11-9-7-5-2/h12-14,17-18,21,26-27H,4-11H2,1-3H3,(H,22,23,24)/t14-,17-,18-,21-/m1/s1. The molecule has 1 saturated heterocycles. The Bertz CT molecular complexity index is 763. The number of aryl methyl sites for hydroxylation is 1. The first-order valence-corrected chi connectivity index (χ1v) is 10.7. The van der Waals surface area contributed by atoms with E-state index in [1.54, 1.807) is 13.3 Å². The van der Waals surface area contributed by atoms with Gasteiger partial charge in [0, 0.05) is 12.7 Å². The molecule has 0 aromatic carbocycles. The van der Waals surface area contributed by atoms with Crippen molar-refractivity contribution >= 4 is 16.9 Å². The van der Waals surface area contributed by atoms with Gasteiger partial charge in [-0.15, -0.1) is 0 Å². The highest BCUT2D eigenvalue weighted by Crippen LogP contribution is 2.35. The Morgan fingerprint density at radius 2 is 1.82 bits per heavy atom. The third-order valence-electron chi connectivity index (χ3n) is 5.56. The van der Waals surface area contributed by atoms with Crippen LogP contribution in [0.5, 0.6) is 0 Å². The first-order chi connectivity index (χ1) is 13.6. The molecular weight excluding hydrogens is 356 g/mol. The minimum absolute atomic E-state index is 0.422. The van der Waals surface area contributed by atoms with Crippen LogP contribution in [-0.2, 0) is 11.2 Å². The van der Waals surface area contributed by atoms with E-state index in [1.807, 2.05) is 10.8 Å². The molecule has 0 unspecified atom stereocenters. The number of unbranched alkanes of at least 4 members (excludes halogenated alkanes) is 4. The number of hydrogen-bond donors (Lipinski definition) is 3. The van der Waals surface area contributed by atoms with Gasteiger partial charge in [0.25, 0.3) is 0 Å². The summed E-state index contributed by atoms with van der Waals surface area (Å²) in [6.07, 6.45) is 8.42. The molecule has 0 saturated carbocycles. The van der Waals surface area contributed by atoms with Crippen LogP contribution in [0.3, 0.4) is 0 Å². The monoisotopic (exact) mass is 390 g/mol. The number of aromatic nitrogens is 3. The summed E-state index contributed by atoms with van der Waals surface area (Å²) in [7, 11) is 0. The average Bonchev–Trinajstić information content (AvgIpc) is 3.18. The first kappa shape index (κ1) is 21.0. The van der Waals surface area contributed by atoms with Gasteiger partial charge in [-0.2, -0.15) is 0 Å². The maximum Gasteiger partial charge on any atom is 0.164 e. The third-order valence-corrected chi connectivity index (χ3v) is 5.56. The number of aliphatic hydroxyl groups is 2. The van der Waals surface area contributed by atoms with Gasteiger partial charge in [-0.25, -0.2) is 9.97 Å². The van der Waals surface area contributed by atoms with E-state index in [0.717, 1.165) is 61.1 Å². The first-order valence-electron chi connectivity index (χ1n) is 10.7. The van der Waals surface area contributed by atoms with Crippen LogP contribution in [0.25, 0.3) is 11.0 Å². The van der Waals surface area contributed by atoms with Crippen molar-refractivity contribution in [2.45, 2.75) is 90.3 Å². The molecule has 1 aliphatic rings. The zero-order valence-corrected chi connectivity index (χ0v) is 17.3. The predicted molar refractivity (Wildman–Crippen MR) is 110 cm³/mol. The molecule has 7 nitrogen and oxygen atoms in total. The number of hydrogen-bond acceptors (Lipinski definition) is 6. The molecule has 0 bridgehead atoms. The van der Waals surface area contributed by atoms with Crippen LogP contribution in [0.2, 0.25) is 0 Å². The summed E-state index contributed by atoms with van der Waals surface area (Å²) in [6.45, 7) is 7.03.